The van der Waals surface area contributed by atoms with E-state index in [1.165, 1.54) is 31.7 Å². The van der Waals surface area contributed by atoms with Crippen molar-refractivity contribution in [3.05, 3.63) is 29.8 Å². The molecule has 0 bridgehead atoms. The highest BCUT2D eigenvalue weighted by atomic mass is 16.4. The third-order valence-electron chi connectivity index (χ3n) is 3.72. The van der Waals surface area contributed by atoms with Crippen LogP contribution < -0.4 is 10.6 Å². The monoisotopic (exact) mass is 276 g/mol. The van der Waals surface area contributed by atoms with Gasteiger partial charge in [-0.2, -0.15) is 0 Å². The maximum atomic E-state index is 11.7. The topological polar surface area (TPSA) is 78.4 Å². The maximum Gasteiger partial charge on any atom is 0.337 e. The molecule has 0 heterocycles. The van der Waals surface area contributed by atoms with Crippen LogP contribution in [-0.4, -0.2) is 23.7 Å². The number of nitrogens with one attached hydrogen (secondary N) is 2. The van der Waals surface area contributed by atoms with Crippen LogP contribution in [0.25, 0.3) is 0 Å². The average Bonchev–Trinajstić information content (AvgIpc) is 2.92. The molecule has 0 saturated heterocycles. The van der Waals surface area contributed by atoms with Gasteiger partial charge in [0.15, 0.2) is 0 Å². The lowest BCUT2D eigenvalue weighted by Gasteiger charge is -2.12. The largest absolute Gasteiger partial charge is 0.478 e. The number of para-hydroxylation sites is 1. The average molecular weight is 276 g/mol. The number of benzene rings is 1. The first kappa shape index (κ1) is 14.4. The van der Waals surface area contributed by atoms with Gasteiger partial charge in [0.1, 0.15) is 0 Å². The molecule has 108 valence electrons. The molecule has 2 amide bonds. The minimum Gasteiger partial charge on any atom is -0.478 e. The van der Waals surface area contributed by atoms with Crippen LogP contribution in [0.4, 0.5) is 10.5 Å². The third kappa shape index (κ3) is 3.98. The molecule has 1 saturated carbocycles. The van der Waals surface area contributed by atoms with E-state index in [0.717, 1.165) is 12.3 Å². The van der Waals surface area contributed by atoms with Crippen LogP contribution in [0.1, 0.15) is 42.5 Å². The lowest BCUT2D eigenvalue weighted by Crippen LogP contribution is -2.30. The van der Waals surface area contributed by atoms with Crippen LogP contribution in [0, 0.1) is 5.92 Å². The Bertz CT molecular complexity index is 482. The summed E-state index contributed by atoms with van der Waals surface area (Å²) < 4.78 is 0. The van der Waals surface area contributed by atoms with E-state index in [-0.39, 0.29) is 11.6 Å². The number of aromatic carboxylic acids is 1. The van der Waals surface area contributed by atoms with Gasteiger partial charge in [0.2, 0.25) is 0 Å². The van der Waals surface area contributed by atoms with E-state index in [0.29, 0.717) is 12.2 Å². The molecule has 5 heteroatoms. The molecule has 0 aliphatic heterocycles. The zero-order valence-corrected chi connectivity index (χ0v) is 11.4. The van der Waals surface area contributed by atoms with Crippen molar-refractivity contribution in [2.75, 3.05) is 11.9 Å². The van der Waals surface area contributed by atoms with Crippen LogP contribution in [0.2, 0.25) is 0 Å². The maximum absolute atomic E-state index is 11.7. The SMILES string of the molecule is O=C(NCCC1CCCC1)Nc1ccccc1C(=O)O. The quantitative estimate of drug-likeness (QED) is 0.773. The van der Waals surface area contributed by atoms with E-state index >= 15 is 0 Å². The normalized spacial score (nSPS) is 15.0. The van der Waals surface area contributed by atoms with Crippen molar-refractivity contribution in [1.82, 2.24) is 5.32 Å². The third-order valence-corrected chi connectivity index (χ3v) is 3.72. The molecule has 0 unspecified atom stereocenters. The molecular weight excluding hydrogens is 256 g/mol. The summed E-state index contributed by atoms with van der Waals surface area (Å²) in [7, 11) is 0. The van der Waals surface area contributed by atoms with E-state index in [2.05, 4.69) is 10.6 Å². The van der Waals surface area contributed by atoms with E-state index in [4.69, 9.17) is 5.11 Å². The second kappa shape index (κ2) is 6.93. The summed E-state index contributed by atoms with van der Waals surface area (Å²) in [5.41, 5.74) is 0.414. The van der Waals surface area contributed by atoms with Crippen molar-refractivity contribution < 1.29 is 14.7 Å². The highest BCUT2D eigenvalue weighted by Gasteiger charge is 2.15. The second-order valence-electron chi connectivity index (χ2n) is 5.17. The van der Waals surface area contributed by atoms with Crippen molar-refractivity contribution in [2.45, 2.75) is 32.1 Å². The second-order valence-corrected chi connectivity index (χ2v) is 5.17. The van der Waals surface area contributed by atoms with E-state index in [1.54, 1.807) is 18.2 Å². The highest BCUT2D eigenvalue weighted by molar-refractivity contribution is 5.99. The number of urea groups is 1. The fourth-order valence-corrected chi connectivity index (χ4v) is 2.63. The predicted octanol–water partition coefficient (Wildman–Crippen LogP) is 3.09. The molecule has 1 aliphatic carbocycles. The molecule has 1 aromatic carbocycles. The number of hydrogen-bond acceptors (Lipinski definition) is 2. The van der Waals surface area contributed by atoms with Crippen molar-refractivity contribution in [1.29, 1.82) is 0 Å². The lowest BCUT2D eigenvalue weighted by atomic mass is 10.0. The molecular formula is C15H20N2O3. The predicted molar refractivity (Wildman–Crippen MR) is 77.0 cm³/mol. The summed E-state index contributed by atoms with van der Waals surface area (Å²) in [6.45, 7) is 0.631. The summed E-state index contributed by atoms with van der Waals surface area (Å²) in [6, 6.07) is 6.03. The number of anilines is 1. The highest BCUT2D eigenvalue weighted by Crippen LogP contribution is 2.26. The Hall–Kier alpha value is -2.04. The molecule has 0 radical (unpaired) electrons. The molecule has 0 aromatic heterocycles. The van der Waals surface area contributed by atoms with Crippen molar-refractivity contribution >= 4 is 17.7 Å². The number of carboxylic acid groups (broad SMARTS) is 1. The van der Waals surface area contributed by atoms with Crippen LogP contribution in [-0.2, 0) is 0 Å². The number of hydrogen-bond donors (Lipinski definition) is 3. The van der Waals surface area contributed by atoms with Gasteiger partial charge in [-0.1, -0.05) is 37.8 Å². The van der Waals surface area contributed by atoms with Crippen LogP contribution in [0.15, 0.2) is 24.3 Å². The van der Waals surface area contributed by atoms with Crippen molar-refractivity contribution in [2.24, 2.45) is 5.92 Å². The van der Waals surface area contributed by atoms with Gasteiger partial charge < -0.3 is 15.7 Å². The molecule has 0 spiro atoms. The minimum absolute atomic E-state index is 0.0958. The van der Waals surface area contributed by atoms with Gasteiger partial charge in [0.25, 0.3) is 0 Å². The van der Waals surface area contributed by atoms with Gasteiger partial charge in [-0.15, -0.1) is 0 Å². The summed E-state index contributed by atoms with van der Waals surface area (Å²) in [5.74, 6) is -0.325. The number of carbonyl (C=O) groups is 2. The van der Waals surface area contributed by atoms with Gasteiger partial charge in [0, 0.05) is 6.54 Å². The number of amides is 2. The van der Waals surface area contributed by atoms with Crippen LogP contribution in [0.3, 0.4) is 0 Å². The Morgan fingerprint density at radius 2 is 1.90 bits per heavy atom. The first-order valence-corrected chi connectivity index (χ1v) is 7.04. The summed E-state index contributed by atoms with van der Waals surface area (Å²) in [5, 5.41) is 14.4. The number of carbonyl (C=O) groups excluding carboxylic acids is 1. The first-order valence-electron chi connectivity index (χ1n) is 7.04. The van der Waals surface area contributed by atoms with Crippen LogP contribution >= 0.6 is 0 Å². The Balaban J connectivity index is 1.80. The summed E-state index contributed by atoms with van der Waals surface area (Å²) >= 11 is 0. The summed E-state index contributed by atoms with van der Waals surface area (Å²) in [6.07, 6.45) is 6.09. The Kier molecular flexibility index (Phi) is 4.98. The zero-order valence-electron chi connectivity index (χ0n) is 11.4. The van der Waals surface area contributed by atoms with E-state index in [1.807, 2.05) is 0 Å². The Morgan fingerprint density at radius 3 is 2.60 bits per heavy atom. The van der Waals surface area contributed by atoms with Crippen molar-refractivity contribution in [3.63, 3.8) is 0 Å². The Morgan fingerprint density at radius 1 is 1.20 bits per heavy atom. The fraction of sp³-hybridized carbons (Fsp3) is 0.467. The molecule has 1 fully saturated rings. The lowest BCUT2D eigenvalue weighted by molar-refractivity contribution is 0.0698. The zero-order chi connectivity index (χ0) is 14.4. The van der Waals surface area contributed by atoms with Crippen LogP contribution in [0.5, 0.6) is 0 Å². The fourth-order valence-electron chi connectivity index (χ4n) is 2.63. The van der Waals surface area contributed by atoms with E-state index < -0.39 is 5.97 Å². The summed E-state index contributed by atoms with van der Waals surface area (Å²) in [4.78, 5) is 22.8. The van der Waals surface area contributed by atoms with Gasteiger partial charge in [-0.05, 0) is 24.5 Å². The molecule has 2 rings (SSSR count). The standard InChI is InChI=1S/C15H20N2O3/c18-14(19)12-7-3-4-8-13(12)17-15(20)16-10-9-11-5-1-2-6-11/h3-4,7-8,11H,1-2,5-6,9-10H2,(H,18,19)(H2,16,17,20). The van der Waals surface area contributed by atoms with Crippen molar-refractivity contribution in [3.8, 4) is 0 Å². The number of rotatable bonds is 5. The first-order chi connectivity index (χ1) is 9.66. The number of carboxylic acids is 1. The van der Waals surface area contributed by atoms with Gasteiger partial charge in [0.05, 0.1) is 11.3 Å². The molecule has 3 N–H and O–H groups in total. The molecule has 1 aromatic rings. The van der Waals surface area contributed by atoms with Gasteiger partial charge in [-0.3, -0.25) is 0 Å². The molecule has 0 atom stereocenters. The molecule has 1 aliphatic rings. The molecule has 5 nitrogen and oxygen atoms in total. The van der Waals surface area contributed by atoms with Gasteiger partial charge in [-0.25, -0.2) is 9.59 Å². The minimum atomic E-state index is -1.05. The van der Waals surface area contributed by atoms with E-state index in [9.17, 15) is 9.59 Å². The molecule has 20 heavy (non-hydrogen) atoms. The smallest absolute Gasteiger partial charge is 0.337 e. The van der Waals surface area contributed by atoms with Gasteiger partial charge >= 0.3 is 12.0 Å². The Labute approximate surface area is 118 Å².